The fourth-order valence-electron chi connectivity index (χ4n) is 3.53. The number of nitrogens with zero attached hydrogens (tertiary/aromatic N) is 4. The van der Waals surface area contributed by atoms with Gasteiger partial charge in [0.1, 0.15) is 0 Å². The molecule has 3 rings (SSSR count). The Morgan fingerprint density at radius 2 is 2.05 bits per heavy atom. The van der Waals surface area contributed by atoms with Crippen LogP contribution in [-0.2, 0) is 6.42 Å². The lowest BCUT2D eigenvalue weighted by molar-refractivity contribution is 0.108. The Labute approximate surface area is 126 Å². The summed E-state index contributed by atoms with van der Waals surface area (Å²) < 4.78 is 5.45. The summed E-state index contributed by atoms with van der Waals surface area (Å²) in [5, 5.41) is 4.19. The van der Waals surface area contributed by atoms with Gasteiger partial charge in [0.05, 0.1) is 6.04 Å². The van der Waals surface area contributed by atoms with Gasteiger partial charge in [-0.2, -0.15) is 4.98 Å². The van der Waals surface area contributed by atoms with Crippen molar-refractivity contribution in [3.05, 3.63) is 11.7 Å². The standard InChI is InChI=1S/C15H27N5O/c1-19-7-8-20(2)13(10-19)15-17-14(21-18-15)9-12(16)11-5-3-4-6-11/h11-13H,3-10,16H2,1-2H3. The van der Waals surface area contributed by atoms with E-state index in [9.17, 15) is 0 Å². The number of likely N-dealkylation sites (N-methyl/N-ethyl adjacent to an activating group) is 2. The Hall–Kier alpha value is -0.980. The number of nitrogens with two attached hydrogens (primary N) is 1. The van der Waals surface area contributed by atoms with Gasteiger partial charge in [-0.1, -0.05) is 18.0 Å². The lowest BCUT2D eigenvalue weighted by Crippen LogP contribution is -2.45. The lowest BCUT2D eigenvalue weighted by Gasteiger charge is -2.35. The van der Waals surface area contributed by atoms with E-state index in [1.807, 2.05) is 0 Å². The topological polar surface area (TPSA) is 71.4 Å². The van der Waals surface area contributed by atoms with Gasteiger partial charge in [-0.05, 0) is 32.9 Å². The second kappa shape index (κ2) is 6.42. The third kappa shape index (κ3) is 3.44. The summed E-state index contributed by atoms with van der Waals surface area (Å²) in [6.07, 6.45) is 5.83. The monoisotopic (exact) mass is 293 g/mol. The zero-order valence-electron chi connectivity index (χ0n) is 13.2. The normalized spacial score (nSPS) is 27.3. The SMILES string of the molecule is CN1CCN(C)C(c2noc(CC(N)C3CCCC3)n2)C1. The third-order valence-electron chi connectivity index (χ3n) is 5.05. The van der Waals surface area contributed by atoms with E-state index in [4.69, 9.17) is 10.3 Å². The number of hydrogen-bond acceptors (Lipinski definition) is 6. The van der Waals surface area contributed by atoms with E-state index < -0.39 is 0 Å². The fourth-order valence-corrected chi connectivity index (χ4v) is 3.53. The van der Waals surface area contributed by atoms with E-state index in [-0.39, 0.29) is 12.1 Å². The van der Waals surface area contributed by atoms with E-state index >= 15 is 0 Å². The molecule has 0 radical (unpaired) electrons. The first kappa shape index (κ1) is 14.9. The van der Waals surface area contributed by atoms with E-state index in [0.29, 0.717) is 18.2 Å². The van der Waals surface area contributed by atoms with Gasteiger partial charge in [0.15, 0.2) is 5.82 Å². The van der Waals surface area contributed by atoms with Crippen LogP contribution in [0.15, 0.2) is 4.52 Å². The smallest absolute Gasteiger partial charge is 0.228 e. The van der Waals surface area contributed by atoms with Crippen LogP contribution in [0.4, 0.5) is 0 Å². The van der Waals surface area contributed by atoms with Gasteiger partial charge in [0.2, 0.25) is 5.89 Å². The van der Waals surface area contributed by atoms with Gasteiger partial charge in [-0.15, -0.1) is 0 Å². The minimum atomic E-state index is 0.160. The Morgan fingerprint density at radius 1 is 1.29 bits per heavy atom. The van der Waals surface area contributed by atoms with Crippen molar-refractivity contribution in [3.8, 4) is 0 Å². The Balaban J connectivity index is 1.62. The van der Waals surface area contributed by atoms with E-state index in [2.05, 4.69) is 34.0 Å². The summed E-state index contributed by atoms with van der Waals surface area (Å²) in [7, 11) is 4.26. The molecule has 1 aromatic rings. The third-order valence-corrected chi connectivity index (χ3v) is 5.05. The molecule has 2 unspecified atom stereocenters. The van der Waals surface area contributed by atoms with Crippen molar-refractivity contribution in [1.82, 2.24) is 19.9 Å². The van der Waals surface area contributed by atoms with Crippen LogP contribution >= 0.6 is 0 Å². The molecule has 21 heavy (non-hydrogen) atoms. The molecule has 1 saturated heterocycles. The van der Waals surface area contributed by atoms with Gasteiger partial charge >= 0.3 is 0 Å². The second-order valence-electron chi connectivity index (χ2n) is 6.72. The molecule has 0 amide bonds. The molecule has 2 N–H and O–H groups in total. The van der Waals surface area contributed by atoms with Gasteiger partial charge < -0.3 is 15.2 Å². The molecule has 118 valence electrons. The fraction of sp³-hybridized carbons (Fsp3) is 0.867. The average Bonchev–Trinajstić information content (AvgIpc) is 3.12. The number of rotatable bonds is 4. The molecule has 0 spiro atoms. The minimum absolute atomic E-state index is 0.160. The second-order valence-corrected chi connectivity index (χ2v) is 6.72. The molecule has 2 aliphatic rings. The van der Waals surface area contributed by atoms with Crippen LogP contribution in [0.1, 0.15) is 43.4 Å². The van der Waals surface area contributed by atoms with Crippen molar-refractivity contribution in [3.63, 3.8) is 0 Å². The molecule has 1 saturated carbocycles. The molecular weight excluding hydrogens is 266 g/mol. The van der Waals surface area contributed by atoms with Crippen LogP contribution in [0.5, 0.6) is 0 Å². The first-order valence-electron chi connectivity index (χ1n) is 8.10. The predicted molar refractivity (Wildman–Crippen MR) is 80.8 cm³/mol. The van der Waals surface area contributed by atoms with Crippen molar-refractivity contribution < 1.29 is 4.52 Å². The minimum Gasteiger partial charge on any atom is -0.339 e. The van der Waals surface area contributed by atoms with E-state index in [0.717, 1.165) is 25.5 Å². The molecule has 1 aliphatic heterocycles. The average molecular weight is 293 g/mol. The van der Waals surface area contributed by atoms with E-state index in [1.165, 1.54) is 25.7 Å². The van der Waals surface area contributed by atoms with E-state index in [1.54, 1.807) is 0 Å². The summed E-state index contributed by atoms with van der Waals surface area (Å²) in [6, 6.07) is 0.386. The lowest BCUT2D eigenvalue weighted by atomic mass is 9.96. The predicted octanol–water partition coefficient (Wildman–Crippen LogP) is 1.05. The first-order chi connectivity index (χ1) is 10.1. The molecule has 2 fully saturated rings. The van der Waals surface area contributed by atoms with Crippen LogP contribution in [0.25, 0.3) is 0 Å². The molecule has 1 aliphatic carbocycles. The van der Waals surface area contributed by atoms with Crippen LogP contribution < -0.4 is 5.73 Å². The Bertz CT molecular complexity index is 457. The summed E-state index contributed by atoms with van der Waals surface area (Å²) in [5.41, 5.74) is 6.30. The number of hydrogen-bond donors (Lipinski definition) is 1. The highest BCUT2D eigenvalue weighted by Gasteiger charge is 2.29. The Morgan fingerprint density at radius 3 is 2.81 bits per heavy atom. The maximum Gasteiger partial charge on any atom is 0.228 e. The molecule has 6 nitrogen and oxygen atoms in total. The van der Waals surface area contributed by atoms with Crippen molar-refractivity contribution in [2.75, 3.05) is 33.7 Å². The molecule has 0 aromatic carbocycles. The summed E-state index contributed by atoms with van der Waals surface area (Å²) in [4.78, 5) is 9.21. The zero-order valence-corrected chi connectivity index (χ0v) is 13.2. The first-order valence-corrected chi connectivity index (χ1v) is 8.10. The van der Waals surface area contributed by atoms with Crippen molar-refractivity contribution in [2.24, 2.45) is 11.7 Å². The molecule has 2 heterocycles. The van der Waals surface area contributed by atoms with Crippen LogP contribution in [-0.4, -0.2) is 59.7 Å². The summed E-state index contributed by atoms with van der Waals surface area (Å²) in [6.45, 7) is 3.07. The van der Waals surface area contributed by atoms with Gasteiger partial charge in [0.25, 0.3) is 0 Å². The van der Waals surface area contributed by atoms with Crippen molar-refractivity contribution in [2.45, 2.75) is 44.2 Å². The number of piperazine rings is 1. The molecule has 1 aromatic heterocycles. The zero-order chi connectivity index (χ0) is 14.8. The molecule has 0 bridgehead atoms. The largest absolute Gasteiger partial charge is 0.339 e. The maximum absolute atomic E-state index is 6.30. The summed E-state index contributed by atoms with van der Waals surface area (Å²) >= 11 is 0. The van der Waals surface area contributed by atoms with Crippen molar-refractivity contribution >= 4 is 0 Å². The highest BCUT2D eigenvalue weighted by atomic mass is 16.5. The molecule has 2 atom stereocenters. The van der Waals surface area contributed by atoms with Gasteiger partial charge in [-0.25, -0.2) is 0 Å². The van der Waals surface area contributed by atoms with Crippen LogP contribution in [0.2, 0.25) is 0 Å². The quantitative estimate of drug-likeness (QED) is 0.894. The Kier molecular flexibility index (Phi) is 4.57. The molecule has 6 heteroatoms. The van der Waals surface area contributed by atoms with Crippen LogP contribution in [0, 0.1) is 5.92 Å². The molecular formula is C15H27N5O. The summed E-state index contributed by atoms with van der Waals surface area (Å²) in [5.74, 6) is 2.13. The number of aromatic nitrogens is 2. The van der Waals surface area contributed by atoms with Crippen molar-refractivity contribution in [1.29, 1.82) is 0 Å². The highest BCUT2D eigenvalue weighted by molar-refractivity contribution is 4.99. The van der Waals surface area contributed by atoms with Crippen LogP contribution in [0.3, 0.4) is 0 Å². The highest BCUT2D eigenvalue weighted by Crippen LogP contribution is 2.28. The van der Waals surface area contributed by atoms with Gasteiger partial charge in [-0.3, -0.25) is 4.90 Å². The van der Waals surface area contributed by atoms with Gasteiger partial charge in [0, 0.05) is 32.1 Å². The maximum atomic E-state index is 6.30.